The Morgan fingerprint density at radius 3 is 2.87 bits per heavy atom. The number of aromatic amines is 1. The number of thiol groups is 1. The quantitative estimate of drug-likeness (QED) is 0.599. The third-order valence-corrected chi connectivity index (χ3v) is 2.44. The highest BCUT2D eigenvalue weighted by molar-refractivity contribution is 7.78. The average molecular weight is 222 g/mol. The fraction of sp³-hybridized carbons (Fsp3) is 0.100. The van der Waals surface area contributed by atoms with Gasteiger partial charge in [-0.2, -0.15) is 0 Å². The minimum Gasteiger partial charge on any atom is -0.477 e. The predicted molar refractivity (Wildman–Crippen MR) is 61.1 cm³/mol. The van der Waals surface area contributed by atoms with E-state index in [1.54, 1.807) is 0 Å². The molecule has 2 rings (SSSR count). The fourth-order valence-electron chi connectivity index (χ4n) is 1.65. The molecule has 0 aliphatic carbocycles. The van der Waals surface area contributed by atoms with Gasteiger partial charge in [-0.3, -0.25) is 4.72 Å². The van der Waals surface area contributed by atoms with Crippen LogP contribution in [0.4, 0.5) is 0 Å². The van der Waals surface area contributed by atoms with Crippen molar-refractivity contribution >= 4 is 29.7 Å². The normalized spacial score (nSPS) is 10.7. The van der Waals surface area contributed by atoms with Crippen LogP contribution in [-0.4, -0.2) is 16.1 Å². The molecule has 0 aliphatic rings. The Labute approximate surface area is 91.8 Å². The minimum absolute atomic E-state index is 0.220. The van der Waals surface area contributed by atoms with Gasteiger partial charge in [0.25, 0.3) is 0 Å². The third-order valence-electron chi connectivity index (χ3n) is 2.28. The van der Waals surface area contributed by atoms with E-state index in [0.29, 0.717) is 6.54 Å². The maximum Gasteiger partial charge on any atom is 0.352 e. The molecule has 2 aromatic rings. The Kier molecular flexibility index (Phi) is 2.66. The topological polar surface area (TPSA) is 65.1 Å². The summed E-state index contributed by atoms with van der Waals surface area (Å²) in [6.07, 6.45) is 0. The summed E-state index contributed by atoms with van der Waals surface area (Å²) in [4.78, 5) is 13.9. The number of carboxylic acid groups (broad SMARTS) is 1. The van der Waals surface area contributed by atoms with Gasteiger partial charge in [-0.05, 0) is 6.07 Å². The van der Waals surface area contributed by atoms with E-state index in [9.17, 15) is 4.79 Å². The predicted octanol–water partition coefficient (Wildman–Crippen LogP) is 1.80. The molecule has 0 saturated heterocycles. The minimum atomic E-state index is -0.954. The second kappa shape index (κ2) is 3.96. The van der Waals surface area contributed by atoms with Crippen molar-refractivity contribution in [3.05, 3.63) is 35.5 Å². The van der Waals surface area contributed by atoms with Crippen molar-refractivity contribution in [2.75, 3.05) is 0 Å². The number of rotatable bonds is 3. The Morgan fingerprint density at radius 1 is 1.47 bits per heavy atom. The number of hydrogen-bond donors (Lipinski definition) is 4. The number of carboxylic acids is 1. The lowest BCUT2D eigenvalue weighted by Crippen LogP contribution is -2.06. The van der Waals surface area contributed by atoms with Crippen molar-refractivity contribution < 1.29 is 9.90 Å². The van der Waals surface area contributed by atoms with Crippen LogP contribution in [0.25, 0.3) is 10.9 Å². The molecule has 0 radical (unpaired) electrons. The van der Waals surface area contributed by atoms with Crippen LogP contribution in [0.5, 0.6) is 0 Å². The molecular weight excluding hydrogens is 212 g/mol. The van der Waals surface area contributed by atoms with Crippen molar-refractivity contribution in [2.24, 2.45) is 0 Å². The molecule has 0 bridgehead atoms. The number of benzene rings is 1. The Hall–Kier alpha value is -1.46. The zero-order valence-electron chi connectivity index (χ0n) is 7.82. The first kappa shape index (κ1) is 10.1. The third kappa shape index (κ3) is 1.71. The van der Waals surface area contributed by atoms with E-state index in [4.69, 9.17) is 5.11 Å². The summed E-state index contributed by atoms with van der Waals surface area (Å²) in [6.45, 7) is 0.411. The molecule has 0 unspecified atom stereocenters. The van der Waals surface area contributed by atoms with E-state index in [1.807, 2.05) is 24.3 Å². The van der Waals surface area contributed by atoms with Gasteiger partial charge in [0.15, 0.2) is 0 Å². The van der Waals surface area contributed by atoms with E-state index in [2.05, 4.69) is 22.5 Å². The van der Waals surface area contributed by atoms with Crippen LogP contribution in [-0.2, 0) is 6.54 Å². The zero-order chi connectivity index (χ0) is 10.8. The van der Waals surface area contributed by atoms with Gasteiger partial charge in [-0.15, -0.1) is 0 Å². The lowest BCUT2D eigenvalue weighted by molar-refractivity contribution is 0.0690. The van der Waals surface area contributed by atoms with Gasteiger partial charge < -0.3 is 10.1 Å². The van der Waals surface area contributed by atoms with Crippen LogP contribution in [0.15, 0.2) is 24.3 Å². The summed E-state index contributed by atoms with van der Waals surface area (Å²) < 4.78 is 2.67. The number of nitrogens with one attached hydrogen (secondary N) is 2. The summed E-state index contributed by atoms with van der Waals surface area (Å²) in [5.74, 6) is -0.954. The van der Waals surface area contributed by atoms with Crippen molar-refractivity contribution in [1.82, 2.24) is 9.71 Å². The van der Waals surface area contributed by atoms with Crippen LogP contribution < -0.4 is 4.72 Å². The maximum atomic E-state index is 11.0. The number of fused-ring (bicyclic) bond motifs is 1. The standard InChI is InChI=1S/C10H10N2O2S/c13-10(14)9-7(5-11-15)6-3-1-2-4-8(6)12-9/h1-4,11-12,15H,5H2,(H,13,14). The van der Waals surface area contributed by atoms with Crippen LogP contribution >= 0.6 is 12.8 Å². The monoisotopic (exact) mass is 222 g/mol. The molecule has 3 N–H and O–H groups in total. The van der Waals surface area contributed by atoms with Crippen LogP contribution in [0.1, 0.15) is 16.1 Å². The van der Waals surface area contributed by atoms with E-state index in [0.717, 1.165) is 16.5 Å². The highest BCUT2D eigenvalue weighted by Gasteiger charge is 2.15. The molecule has 15 heavy (non-hydrogen) atoms. The number of H-pyrrole nitrogens is 1. The van der Waals surface area contributed by atoms with Gasteiger partial charge in [0.05, 0.1) is 0 Å². The molecule has 0 fully saturated rings. The van der Waals surface area contributed by atoms with Crippen molar-refractivity contribution in [2.45, 2.75) is 6.54 Å². The second-order valence-corrected chi connectivity index (χ2v) is 3.48. The van der Waals surface area contributed by atoms with Crippen molar-refractivity contribution in [3.63, 3.8) is 0 Å². The Morgan fingerprint density at radius 2 is 2.20 bits per heavy atom. The SMILES string of the molecule is O=C(O)c1[nH]c2ccccc2c1CNS. The molecule has 1 aromatic carbocycles. The van der Waals surface area contributed by atoms with Crippen LogP contribution in [0.3, 0.4) is 0 Å². The van der Waals surface area contributed by atoms with Gasteiger partial charge >= 0.3 is 5.97 Å². The summed E-state index contributed by atoms with van der Waals surface area (Å²) in [7, 11) is 0. The fourth-order valence-corrected chi connectivity index (χ4v) is 1.80. The molecule has 1 heterocycles. The summed E-state index contributed by atoms with van der Waals surface area (Å²) >= 11 is 3.89. The largest absolute Gasteiger partial charge is 0.477 e. The van der Waals surface area contributed by atoms with E-state index in [1.165, 1.54) is 0 Å². The van der Waals surface area contributed by atoms with Crippen LogP contribution in [0, 0.1) is 0 Å². The molecule has 0 amide bonds. The molecular formula is C10H10N2O2S. The van der Waals surface area contributed by atoms with E-state index in [-0.39, 0.29) is 5.69 Å². The molecule has 0 saturated carbocycles. The van der Waals surface area contributed by atoms with Gasteiger partial charge in [0.1, 0.15) is 5.69 Å². The second-order valence-electron chi connectivity index (χ2n) is 3.16. The molecule has 0 aliphatic heterocycles. The first-order valence-corrected chi connectivity index (χ1v) is 4.88. The summed E-state index contributed by atoms with van der Waals surface area (Å²) in [5, 5.41) is 9.92. The van der Waals surface area contributed by atoms with Gasteiger partial charge in [0, 0.05) is 23.0 Å². The molecule has 0 atom stereocenters. The number of carbonyl (C=O) groups is 1. The lowest BCUT2D eigenvalue weighted by Gasteiger charge is -1.98. The Bertz CT molecular complexity index is 507. The number of hydrogen-bond acceptors (Lipinski definition) is 3. The smallest absolute Gasteiger partial charge is 0.352 e. The average Bonchev–Trinajstić information content (AvgIpc) is 2.58. The maximum absolute atomic E-state index is 11.0. The van der Waals surface area contributed by atoms with Crippen molar-refractivity contribution in [1.29, 1.82) is 0 Å². The van der Waals surface area contributed by atoms with Gasteiger partial charge in [-0.1, -0.05) is 31.0 Å². The van der Waals surface area contributed by atoms with Crippen LogP contribution in [0.2, 0.25) is 0 Å². The van der Waals surface area contributed by atoms with E-state index < -0.39 is 5.97 Å². The molecule has 4 nitrogen and oxygen atoms in total. The zero-order valence-corrected chi connectivity index (χ0v) is 8.71. The molecule has 78 valence electrons. The number of para-hydroxylation sites is 1. The molecule has 0 spiro atoms. The van der Waals surface area contributed by atoms with Gasteiger partial charge in [0.2, 0.25) is 0 Å². The first-order valence-electron chi connectivity index (χ1n) is 4.44. The Balaban J connectivity index is 2.68. The highest BCUT2D eigenvalue weighted by atomic mass is 32.1. The van der Waals surface area contributed by atoms with Gasteiger partial charge in [-0.25, -0.2) is 4.79 Å². The highest BCUT2D eigenvalue weighted by Crippen LogP contribution is 2.22. The number of aromatic carboxylic acids is 1. The van der Waals surface area contributed by atoms with Crippen molar-refractivity contribution in [3.8, 4) is 0 Å². The first-order chi connectivity index (χ1) is 7.24. The van der Waals surface area contributed by atoms with E-state index >= 15 is 0 Å². The summed E-state index contributed by atoms with van der Waals surface area (Å²) in [5.41, 5.74) is 1.78. The lowest BCUT2D eigenvalue weighted by atomic mass is 10.1. The molecule has 5 heteroatoms. The number of aromatic nitrogens is 1. The summed E-state index contributed by atoms with van der Waals surface area (Å²) in [6, 6.07) is 7.48. The molecule has 1 aromatic heterocycles.